The summed E-state index contributed by atoms with van der Waals surface area (Å²) >= 11 is 3.55. The van der Waals surface area contributed by atoms with Gasteiger partial charge in [0.25, 0.3) is 0 Å². The van der Waals surface area contributed by atoms with Crippen molar-refractivity contribution in [2.45, 2.75) is 46.1 Å². The number of thiazole rings is 1. The second kappa shape index (κ2) is 4.76. The van der Waals surface area contributed by atoms with Gasteiger partial charge in [-0.15, -0.1) is 22.7 Å². The summed E-state index contributed by atoms with van der Waals surface area (Å²) in [5.74, 6) is 0. The SMILES string of the molecule is Cc1nc(-c2ccc(C(C)(C)C)s2)sc1C(C)N. The molecule has 2 aromatic heterocycles. The van der Waals surface area contributed by atoms with E-state index in [-0.39, 0.29) is 11.5 Å². The molecule has 0 fully saturated rings. The first-order valence-electron chi connectivity index (χ1n) is 6.12. The van der Waals surface area contributed by atoms with Gasteiger partial charge in [0, 0.05) is 15.8 Å². The van der Waals surface area contributed by atoms with E-state index in [9.17, 15) is 0 Å². The zero-order valence-corrected chi connectivity index (χ0v) is 13.2. The highest BCUT2D eigenvalue weighted by Gasteiger charge is 2.19. The third-order valence-electron chi connectivity index (χ3n) is 2.80. The first-order valence-corrected chi connectivity index (χ1v) is 7.76. The topological polar surface area (TPSA) is 38.9 Å². The van der Waals surface area contributed by atoms with E-state index in [2.05, 4.69) is 37.9 Å². The van der Waals surface area contributed by atoms with E-state index in [1.165, 1.54) is 14.6 Å². The minimum Gasteiger partial charge on any atom is -0.323 e. The fourth-order valence-corrected chi connectivity index (χ4v) is 3.93. The van der Waals surface area contributed by atoms with Crippen LogP contribution in [0.15, 0.2) is 12.1 Å². The van der Waals surface area contributed by atoms with Gasteiger partial charge in [-0.1, -0.05) is 20.8 Å². The molecule has 18 heavy (non-hydrogen) atoms. The van der Waals surface area contributed by atoms with Crippen LogP contribution in [0.4, 0.5) is 0 Å². The molecular formula is C14H20N2S2. The molecule has 0 aromatic carbocycles. The van der Waals surface area contributed by atoms with Crippen molar-refractivity contribution in [2.24, 2.45) is 5.73 Å². The molecule has 0 aliphatic carbocycles. The molecule has 2 heterocycles. The number of hydrogen-bond donors (Lipinski definition) is 1. The summed E-state index contributed by atoms with van der Waals surface area (Å²) in [5.41, 5.74) is 7.23. The van der Waals surface area contributed by atoms with Crippen molar-refractivity contribution in [3.8, 4) is 9.88 Å². The molecule has 0 saturated carbocycles. The number of hydrogen-bond acceptors (Lipinski definition) is 4. The molecule has 2 N–H and O–H groups in total. The molecule has 4 heteroatoms. The number of aromatic nitrogens is 1. The van der Waals surface area contributed by atoms with E-state index >= 15 is 0 Å². The van der Waals surface area contributed by atoms with Crippen molar-refractivity contribution < 1.29 is 0 Å². The van der Waals surface area contributed by atoms with Crippen LogP contribution in [0.1, 0.15) is 49.2 Å². The van der Waals surface area contributed by atoms with Crippen molar-refractivity contribution in [3.05, 3.63) is 27.6 Å². The molecule has 1 unspecified atom stereocenters. The van der Waals surface area contributed by atoms with Crippen LogP contribution in [-0.4, -0.2) is 4.98 Å². The second-order valence-electron chi connectivity index (χ2n) is 5.67. The average Bonchev–Trinajstić information content (AvgIpc) is 2.81. The summed E-state index contributed by atoms with van der Waals surface area (Å²) in [6, 6.07) is 4.45. The van der Waals surface area contributed by atoms with E-state index in [4.69, 9.17) is 5.73 Å². The maximum absolute atomic E-state index is 5.95. The summed E-state index contributed by atoms with van der Waals surface area (Å²) in [6.45, 7) is 10.8. The Labute approximate surface area is 117 Å². The first kappa shape index (κ1) is 13.7. The van der Waals surface area contributed by atoms with E-state index < -0.39 is 0 Å². The Kier molecular flexibility index (Phi) is 3.63. The molecule has 0 spiro atoms. The molecule has 1 atom stereocenters. The molecule has 0 saturated heterocycles. The minimum absolute atomic E-state index is 0.0679. The third kappa shape index (κ3) is 2.66. The van der Waals surface area contributed by atoms with Crippen LogP contribution < -0.4 is 5.73 Å². The number of rotatable bonds is 2. The van der Waals surface area contributed by atoms with Crippen LogP contribution in [-0.2, 0) is 5.41 Å². The van der Waals surface area contributed by atoms with Gasteiger partial charge in [-0.3, -0.25) is 0 Å². The highest BCUT2D eigenvalue weighted by molar-refractivity contribution is 7.22. The van der Waals surface area contributed by atoms with Gasteiger partial charge in [-0.25, -0.2) is 4.98 Å². The summed E-state index contributed by atoms with van der Waals surface area (Å²) in [4.78, 5) is 8.48. The molecule has 2 rings (SSSR count). The molecule has 98 valence electrons. The Bertz CT molecular complexity index is 544. The fraction of sp³-hybridized carbons (Fsp3) is 0.500. The van der Waals surface area contributed by atoms with Crippen LogP contribution in [0, 0.1) is 6.92 Å². The van der Waals surface area contributed by atoms with Crippen molar-refractivity contribution in [1.82, 2.24) is 4.98 Å². The van der Waals surface area contributed by atoms with Crippen molar-refractivity contribution in [1.29, 1.82) is 0 Å². The van der Waals surface area contributed by atoms with E-state index in [1.54, 1.807) is 11.3 Å². The smallest absolute Gasteiger partial charge is 0.133 e. The minimum atomic E-state index is 0.0679. The zero-order chi connectivity index (χ0) is 13.5. The molecule has 0 radical (unpaired) electrons. The largest absolute Gasteiger partial charge is 0.323 e. The summed E-state index contributed by atoms with van der Waals surface area (Å²) in [7, 11) is 0. The zero-order valence-electron chi connectivity index (χ0n) is 11.6. The molecule has 0 aliphatic heterocycles. The van der Waals surface area contributed by atoms with Gasteiger partial charge in [0.1, 0.15) is 5.01 Å². The second-order valence-corrected chi connectivity index (χ2v) is 7.79. The van der Waals surface area contributed by atoms with Gasteiger partial charge in [0.2, 0.25) is 0 Å². The van der Waals surface area contributed by atoms with Crippen LogP contribution in [0.2, 0.25) is 0 Å². The lowest BCUT2D eigenvalue weighted by molar-refractivity contribution is 0.604. The Morgan fingerprint density at radius 2 is 1.89 bits per heavy atom. The van der Waals surface area contributed by atoms with Crippen molar-refractivity contribution in [3.63, 3.8) is 0 Å². The van der Waals surface area contributed by atoms with Crippen molar-refractivity contribution >= 4 is 22.7 Å². The summed E-state index contributed by atoms with van der Waals surface area (Å²) in [5, 5.41) is 1.10. The molecule has 2 nitrogen and oxygen atoms in total. The Morgan fingerprint density at radius 3 is 2.33 bits per heavy atom. The maximum Gasteiger partial charge on any atom is 0.133 e. The lowest BCUT2D eigenvalue weighted by Gasteiger charge is -2.15. The maximum atomic E-state index is 5.95. The van der Waals surface area contributed by atoms with Crippen LogP contribution in [0.5, 0.6) is 0 Å². The highest BCUT2D eigenvalue weighted by Crippen LogP contribution is 2.38. The standard InChI is InChI=1S/C14H20N2S2/c1-8(15)12-9(2)16-13(18-12)10-6-7-11(17-10)14(3,4)5/h6-8H,15H2,1-5H3. The third-order valence-corrected chi connectivity index (χ3v) is 5.84. The number of nitrogens with zero attached hydrogens (tertiary/aromatic N) is 1. The van der Waals surface area contributed by atoms with Gasteiger partial charge in [-0.2, -0.15) is 0 Å². The Balaban J connectivity index is 2.38. The highest BCUT2D eigenvalue weighted by atomic mass is 32.1. The predicted molar refractivity (Wildman–Crippen MR) is 81.5 cm³/mol. The van der Waals surface area contributed by atoms with Crippen LogP contribution in [0.3, 0.4) is 0 Å². The van der Waals surface area contributed by atoms with Crippen molar-refractivity contribution in [2.75, 3.05) is 0 Å². The van der Waals surface area contributed by atoms with E-state index in [0.717, 1.165) is 10.7 Å². The molecule has 0 aliphatic rings. The molecular weight excluding hydrogens is 260 g/mol. The summed E-state index contributed by atoms with van der Waals surface area (Å²) in [6.07, 6.45) is 0. The number of nitrogens with two attached hydrogens (primary N) is 1. The monoisotopic (exact) mass is 280 g/mol. The molecule has 2 aromatic rings. The van der Waals surface area contributed by atoms with Gasteiger partial charge in [-0.05, 0) is 31.4 Å². The fourth-order valence-electron chi connectivity index (χ4n) is 1.79. The van der Waals surface area contributed by atoms with E-state index in [1.807, 2.05) is 25.2 Å². The lowest BCUT2D eigenvalue weighted by Crippen LogP contribution is -2.07. The predicted octanol–water partition coefficient (Wildman–Crippen LogP) is 4.50. The number of thiophene rings is 1. The van der Waals surface area contributed by atoms with Gasteiger partial charge in [0.05, 0.1) is 10.6 Å². The molecule has 0 amide bonds. The van der Waals surface area contributed by atoms with Gasteiger partial charge in [0.15, 0.2) is 0 Å². The van der Waals surface area contributed by atoms with Gasteiger partial charge < -0.3 is 5.73 Å². The molecule has 0 bridgehead atoms. The Morgan fingerprint density at radius 1 is 1.22 bits per heavy atom. The van der Waals surface area contributed by atoms with E-state index in [0.29, 0.717) is 0 Å². The summed E-state index contributed by atoms with van der Waals surface area (Å²) < 4.78 is 0. The Hall–Kier alpha value is -0.710. The lowest BCUT2D eigenvalue weighted by atomic mass is 9.95. The van der Waals surface area contributed by atoms with Crippen LogP contribution in [0.25, 0.3) is 9.88 Å². The van der Waals surface area contributed by atoms with Gasteiger partial charge >= 0.3 is 0 Å². The first-order chi connectivity index (χ1) is 8.29. The quantitative estimate of drug-likeness (QED) is 0.880. The van der Waals surface area contributed by atoms with Crippen LogP contribution >= 0.6 is 22.7 Å². The average molecular weight is 280 g/mol. The normalized spacial score (nSPS) is 13.9. The number of aryl methyl sites for hydroxylation is 1.